The van der Waals surface area contributed by atoms with Gasteiger partial charge in [0.15, 0.2) is 0 Å². The van der Waals surface area contributed by atoms with Crippen molar-refractivity contribution in [3.05, 3.63) is 29.8 Å². The van der Waals surface area contributed by atoms with Crippen LogP contribution < -0.4 is 5.73 Å². The van der Waals surface area contributed by atoms with E-state index < -0.39 is 0 Å². The zero-order valence-electron chi connectivity index (χ0n) is 10.1. The fraction of sp³-hybridized carbons (Fsp3) is 0.571. The summed E-state index contributed by atoms with van der Waals surface area (Å²) in [5, 5.41) is 0. The lowest BCUT2D eigenvalue weighted by molar-refractivity contribution is -0.0588. The van der Waals surface area contributed by atoms with Crippen LogP contribution in [0.5, 0.6) is 0 Å². The predicted molar refractivity (Wildman–Crippen MR) is 68.6 cm³/mol. The summed E-state index contributed by atoms with van der Waals surface area (Å²) in [6.45, 7) is 2.98. The molecule has 3 heteroatoms. The molecular formula is C14H20N2O. The number of nitrogens with zero attached hydrogens (tertiary/aromatic N) is 1. The number of morpholine rings is 1. The first-order valence-corrected chi connectivity index (χ1v) is 6.53. The minimum absolute atomic E-state index is 0.484. The smallest absolute Gasteiger partial charge is 0.0731 e. The lowest BCUT2D eigenvalue weighted by atomic mass is 10.1. The number of hydrogen-bond donors (Lipinski definition) is 1. The number of nitrogens with two attached hydrogens (primary N) is 1. The maximum Gasteiger partial charge on any atom is 0.0731 e. The molecule has 1 aliphatic heterocycles. The molecule has 1 aliphatic carbocycles. The molecule has 0 bridgehead atoms. The average molecular weight is 232 g/mol. The molecule has 0 radical (unpaired) electrons. The monoisotopic (exact) mass is 232 g/mol. The highest BCUT2D eigenvalue weighted by molar-refractivity contribution is 5.39. The molecule has 1 saturated carbocycles. The van der Waals surface area contributed by atoms with Gasteiger partial charge in [0.05, 0.1) is 12.7 Å². The van der Waals surface area contributed by atoms with Crippen molar-refractivity contribution < 1.29 is 4.74 Å². The minimum atomic E-state index is 0.484. The number of ether oxygens (including phenoxy) is 1. The third-order valence-electron chi connectivity index (χ3n) is 3.96. The van der Waals surface area contributed by atoms with E-state index in [-0.39, 0.29) is 0 Å². The van der Waals surface area contributed by atoms with Gasteiger partial charge in [-0.25, -0.2) is 0 Å². The first kappa shape index (κ1) is 11.1. The van der Waals surface area contributed by atoms with E-state index in [0.29, 0.717) is 12.1 Å². The van der Waals surface area contributed by atoms with Crippen molar-refractivity contribution in [2.24, 2.45) is 0 Å². The van der Waals surface area contributed by atoms with E-state index in [9.17, 15) is 0 Å². The Balaban J connectivity index is 1.69. The first-order valence-electron chi connectivity index (χ1n) is 6.53. The molecule has 2 unspecified atom stereocenters. The lowest BCUT2D eigenvalue weighted by Gasteiger charge is -2.37. The minimum Gasteiger partial charge on any atom is -0.399 e. The highest BCUT2D eigenvalue weighted by atomic mass is 16.5. The van der Waals surface area contributed by atoms with Crippen LogP contribution in [0.3, 0.4) is 0 Å². The second-order valence-corrected chi connectivity index (χ2v) is 5.12. The molecule has 92 valence electrons. The maximum atomic E-state index is 5.83. The van der Waals surface area contributed by atoms with Crippen molar-refractivity contribution in [3.63, 3.8) is 0 Å². The summed E-state index contributed by atoms with van der Waals surface area (Å²) in [7, 11) is 0. The van der Waals surface area contributed by atoms with E-state index in [2.05, 4.69) is 17.0 Å². The molecule has 17 heavy (non-hydrogen) atoms. The van der Waals surface area contributed by atoms with E-state index in [1.165, 1.54) is 24.8 Å². The largest absolute Gasteiger partial charge is 0.399 e. The number of rotatable bonds is 2. The van der Waals surface area contributed by atoms with E-state index in [1.54, 1.807) is 0 Å². The second kappa shape index (κ2) is 4.67. The summed E-state index contributed by atoms with van der Waals surface area (Å²) in [6, 6.07) is 8.88. The quantitative estimate of drug-likeness (QED) is 0.793. The lowest BCUT2D eigenvalue weighted by Crippen LogP contribution is -2.47. The Kier molecular flexibility index (Phi) is 3.04. The molecule has 2 fully saturated rings. The molecule has 1 heterocycles. The van der Waals surface area contributed by atoms with Crippen LogP contribution in [0.4, 0.5) is 5.69 Å². The number of fused-ring (bicyclic) bond motifs is 1. The molecular weight excluding hydrogens is 212 g/mol. The number of nitrogen functional groups attached to an aromatic ring is 1. The van der Waals surface area contributed by atoms with Gasteiger partial charge < -0.3 is 10.5 Å². The van der Waals surface area contributed by atoms with Crippen LogP contribution in [-0.4, -0.2) is 30.2 Å². The number of hydrogen-bond acceptors (Lipinski definition) is 3. The highest BCUT2D eigenvalue weighted by Gasteiger charge is 2.35. The van der Waals surface area contributed by atoms with Gasteiger partial charge in [-0.1, -0.05) is 12.1 Å². The van der Waals surface area contributed by atoms with Crippen molar-refractivity contribution in [1.82, 2.24) is 4.90 Å². The normalized spacial score (nSPS) is 29.2. The van der Waals surface area contributed by atoms with E-state index in [1.807, 2.05) is 12.1 Å². The summed E-state index contributed by atoms with van der Waals surface area (Å²) >= 11 is 0. The van der Waals surface area contributed by atoms with E-state index in [4.69, 9.17) is 10.5 Å². The predicted octanol–water partition coefficient (Wildman–Crippen LogP) is 2.02. The Bertz CT molecular complexity index is 376. The van der Waals surface area contributed by atoms with Crippen LogP contribution in [-0.2, 0) is 11.3 Å². The van der Waals surface area contributed by atoms with Crippen LogP contribution in [0.15, 0.2) is 24.3 Å². The fourth-order valence-electron chi connectivity index (χ4n) is 3.06. The van der Waals surface area contributed by atoms with Crippen LogP contribution in [0.1, 0.15) is 24.8 Å². The van der Waals surface area contributed by atoms with Crippen LogP contribution in [0.2, 0.25) is 0 Å². The molecule has 2 N–H and O–H groups in total. The Morgan fingerprint density at radius 3 is 2.88 bits per heavy atom. The number of anilines is 1. The van der Waals surface area contributed by atoms with E-state index >= 15 is 0 Å². The number of benzene rings is 1. The van der Waals surface area contributed by atoms with Crippen molar-refractivity contribution in [2.75, 3.05) is 18.9 Å². The van der Waals surface area contributed by atoms with Gasteiger partial charge in [-0.2, -0.15) is 0 Å². The van der Waals surface area contributed by atoms with Gasteiger partial charge in [-0.05, 0) is 37.0 Å². The average Bonchev–Trinajstić information content (AvgIpc) is 2.81. The third kappa shape index (κ3) is 2.31. The summed E-state index contributed by atoms with van der Waals surface area (Å²) in [5.74, 6) is 0. The van der Waals surface area contributed by atoms with Gasteiger partial charge in [-0.3, -0.25) is 4.90 Å². The van der Waals surface area contributed by atoms with Gasteiger partial charge in [0, 0.05) is 24.8 Å². The SMILES string of the molecule is Nc1ccc(CN2CCOC3CCCC32)cc1. The molecule has 0 amide bonds. The van der Waals surface area contributed by atoms with Crippen molar-refractivity contribution >= 4 is 5.69 Å². The summed E-state index contributed by atoms with van der Waals surface area (Å²) in [6.07, 6.45) is 4.33. The van der Waals surface area contributed by atoms with Crippen LogP contribution in [0, 0.1) is 0 Å². The molecule has 3 rings (SSSR count). The third-order valence-corrected chi connectivity index (χ3v) is 3.96. The Morgan fingerprint density at radius 1 is 1.24 bits per heavy atom. The molecule has 1 saturated heterocycles. The summed E-state index contributed by atoms with van der Waals surface area (Å²) in [5.41, 5.74) is 7.91. The topological polar surface area (TPSA) is 38.5 Å². The van der Waals surface area contributed by atoms with Gasteiger partial charge in [0.2, 0.25) is 0 Å². The Labute approximate surface area is 103 Å². The van der Waals surface area contributed by atoms with Crippen molar-refractivity contribution in [2.45, 2.75) is 38.0 Å². The second-order valence-electron chi connectivity index (χ2n) is 5.12. The van der Waals surface area contributed by atoms with Gasteiger partial charge in [-0.15, -0.1) is 0 Å². The standard InChI is InChI=1S/C14H20N2O/c15-12-6-4-11(5-7-12)10-16-8-9-17-14-3-1-2-13(14)16/h4-7,13-14H,1-3,8-10,15H2. The molecule has 0 aromatic heterocycles. The Hall–Kier alpha value is -1.06. The molecule has 1 aromatic rings. The molecule has 1 aromatic carbocycles. The summed E-state index contributed by atoms with van der Waals surface area (Å²) < 4.78 is 5.83. The van der Waals surface area contributed by atoms with Crippen molar-refractivity contribution in [3.8, 4) is 0 Å². The van der Waals surface area contributed by atoms with Crippen LogP contribution >= 0.6 is 0 Å². The molecule has 2 atom stereocenters. The zero-order chi connectivity index (χ0) is 11.7. The van der Waals surface area contributed by atoms with E-state index in [0.717, 1.165) is 25.4 Å². The van der Waals surface area contributed by atoms with Gasteiger partial charge >= 0.3 is 0 Å². The Morgan fingerprint density at radius 2 is 2.06 bits per heavy atom. The van der Waals surface area contributed by atoms with Gasteiger partial charge in [0.25, 0.3) is 0 Å². The fourth-order valence-corrected chi connectivity index (χ4v) is 3.06. The molecule has 3 nitrogen and oxygen atoms in total. The van der Waals surface area contributed by atoms with Crippen molar-refractivity contribution in [1.29, 1.82) is 0 Å². The zero-order valence-corrected chi connectivity index (χ0v) is 10.1. The summed E-state index contributed by atoms with van der Waals surface area (Å²) in [4.78, 5) is 2.58. The van der Waals surface area contributed by atoms with Crippen LogP contribution in [0.25, 0.3) is 0 Å². The molecule has 0 spiro atoms. The first-order chi connectivity index (χ1) is 8.33. The maximum absolute atomic E-state index is 5.83. The molecule has 2 aliphatic rings. The van der Waals surface area contributed by atoms with Gasteiger partial charge in [0.1, 0.15) is 0 Å². The highest BCUT2D eigenvalue weighted by Crippen LogP contribution is 2.30.